The molecule has 0 spiro atoms. The van der Waals surface area contributed by atoms with E-state index in [0.717, 1.165) is 44.7 Å². The van der Waals surface area contributed by atoms with E-state index in [0.29, 0.717) is 18.2 Å². The number of nitrogens with zero attached hydrogens (tertiary/aromatic N) is 1. The molecule has 0 aromatic heterocycles. The van der Waals surface area contributed by atoms with Crippen LogP contribution in [0.25, 0.3) is 0 Å². The van der Waals surface area contributed by atoms with Crippen LogP contribution in [0.1, 0.15) is 71.1 Å². The van der Waals surface area contributed by atoms with Crippen molar-refractivity contribution in [2.45, 2.75) is 71.1 Å². The first kappa shape index (κ1) is 17.3. The van der Waals surface area contributed by atoms with Gasteiger partial charge >= 0.3 is 5.97 Å². The number of piperidine rings is 1. The van der Waals surface area contributed by atoms with Crippen molar-refractivity contribution in [1.82, 2.24) is 4.90 Å². The lowest BCUT2D eigenvalue weighted by molar-refractivity contribution is -0.138. The highest BCUT2D eigenvalue weighted by Crippen LogP contribution is 2.32. The van der Waals surface area contributed by atoms with Crippen LogP contribution in [0.2, 0.25) is 0 Å². The number of carboxylic acids is 1. The molecule has 2 fully saturated rings. The van der Waals surface area contributed by atoms with Gasteiger partial charge in [0.2, 0.25) is 5.91 Å². The van der Waals surface area contributed by atoms with Gasteiger partial charge in [0, 0.05) is 25.4 Å². The first-order valence-corrected chi connectivity index (χ1v) is 9.10. The summed E-state index contributed by atoms with van der Waals surface area (Å²) in [7, 11) is 0. The third kappa shape index (κ3) is 4.99. The maximum atomic E-state index is 12.8. The van der Waals surface area contributed by atoms with Crippen LogP contribution in [0.5, 0.6) is 0 Å². The molecule has 126 valence electrons. The van der Waals surface area contributed by atoms with Gasteiger partial charge in [-0.15, -0.1) is 0 Å². The molecule has 2 rings (SSSR count). The second-order valence-electron chi connectivity index (χ2n) is 7.22. The van der Waals surface area contributed by atoms with Crippen molar-refractivity contribution in [1.29, 1.82) is 0 Å². The normalized spacial score (nSPS) is 24.4. The zero-order valence-corrected chi connectivity index (χ0v) is 13.9. The highest BCUT2D eigenvalue weighted by molar-refractivity contribution is 5.79. The Morgan fingerprint density at radius 1 is 1.14 bits per heavy atom. The van der Waals surface area contributed by atoms with Crippen molar-refractivity contribution in [3.8, 4) is 0 Å². The number of hydrogen-bond donors (Lipinski definition) is 1. The van der Waals surface area contributed by atoms with Gasteiger partial charge in [-0.1, -0.05) is 32.6 Å². The SMILES string of the molecule is CCC(CC1CCCC1)C(=O)N1CCCC(CCC(=O)O)C1. The Hall–Kier alpha value is -1.06. The predicted octanol–water partition coefficient (Wildman–Crippen LogP) is 3.70. The van der Waals surface area contributed by atoms with Crippen LogP contribution in [-0.2, 0) is 9.59 Å². The molecule has 1 N–H and O–H groups in total. The summed E-state index contributed by atoms with van der Waals surface area (Å²) < 4.78 is 0. The van der Waals surface area contributed by atoms with Crippen molar-refractivity contribution in [3.63, 3.8) is 0 Å². The zero-order valence-electron chi connectivity index (χ0n) is 13.9. The van der Waals surface area contributed by atoms with E-state index in [9.17, 15) is 9.59 Å². The van der Waals surface area contributed by atoms with Gasteiger partial charge in [0.05, 0.1) is 0 Å². The first-order chi connectivity index (χ1) is 10.6. The summed E-state index contributed by atoms with van der Waals surface area (Å²) in [5.41, 5.74) is 0. The Bertz CT molecular complexity index is 377. The zero-order chi connectivity index (χ0) is 15.9. The average Bonchev–Trinajstić information content (AvgIpc) is 3.03. The molecule has 0 bridgehead atoms. The van der Waals surface area contributed by atoms with Crippen LogP contribution < -0.4 is 0 Å². The van der Waals surface area contributed by atoms with Crippen LogP contribution >= 0.6 is 0 Å². The van der Waals surface area contributed by atoms with Crippen LogP contribution in [0.15, 0.2) is 0 Å². The lowest BCUT2D eigenvalue weighted by atomic mass is 9.88. The number of carbonyl (C=O) groups excluding carboxylic acids is 1. The number of carboxylic acid groups (broad SMARTS) is 1. The minimum Gasteiger partial charge on any atom is -0.481 e. The van der Waals surface area contributed by atoms with Crippen molar-refractivity contribution >= 4 is 11.9 Å². The summed E-state index contributed by atoms with van der Waals surface area (Å²) in [5, 5.41) is 8.82. The molecule has 0 aromatic carbocycles. The molecule has 4 nitrogen and oxygen atoms in total. The van der Waals surface area contributed by atoms with E-state index in [4.69, 9.17) is 5.11 Å². The van der Waals surface area contributed by atoms with Crippen molar-refractivity contribution in [2.24, 2.45) is 17.8 Å². The second-order valence-corrected chi connectivity index (χ2v) is 7.22. The number of amides is 1. The van der Waals surface area contributed by atoms with E-state index in [1.165, 1.54) is 25.7 Å². The molecule has 1 aliphatic carbocycles. The summed E-state index contributed by atoms with van der Waals surface area (Å²) in [4.78, 5) is 25.6. The van der Waals surface area contributed by atoms with Gasteiger partial charge in [-0.25, -0.2) is 0 Å². The summed E-state index contributed by atoms with van der Waals surface area (Å²) in [6.07, 6.45) is 10.3. The number of carbonyl (C=O) groups is 2. The molecule has 1 saturated heterocycles. The number of rotatable bonds is 7. The molecule has 0 aromatic rings. The van der Waals surface area contributed by atoms with E-state index in [-0.39, 0.29) is 12.3 Å². The Labute approximate surface area is 134 Å². The van der Waals surface area contributed by atoms with Crippen molar-refractivity contribution < 1.29 is 14.7 Å². The highest BCUT2D eigenvalue weighted by atomic mass is 16.4. The summed E-state index contributed by atoms with van der Waals surface area (Å²) in [5.74, 6) is 0.908. The molecule has 2 unspecified atom stereocenters. The molecule has 4 heteroatoms. The Morgan fingerprint density at radius 3 is 2.45 bits per heavy atom. The standard InChI is InChI=1S/C18H31NO3/c1-2-16(12-14-6-3-4-7-14)18(22)19-11-5-8-15(13-19)9-10-17(20)21/h14-16H,2-13H2,1H3,(H,20,21). The van der Waals surface area contributed by atoms with Crippen molar-refractivity contribution in [3.05, 3.63) is 0 Å². The summed E-state index contributed by atoms with van der Waals surface area (Å²) >= 11 is 0. The van der Waals surface area contributed by atoms with Gasteiger partial charge in [0.1, 0.15) is 0 Å². The van der Waals surface area contributed by atoms with E-state index in [2.05, 4.69) is 6.92 Å². The van der Waals surface area contributed by atoms with Gasteiger partial charge in [0.15, 0.2) is 0 Å². The predicted molar refractivity (Wildman–Crippen MR) is 86.5 cm³/mol. The average molecular weight is 309 g/mol. The summed E-state index contributed by atoms with van der Waals surface area (Å²) in [6, 6.07) is 0. The summed E-state index contributed by atoms with van der Waals surface area (Å²) in [6.45, 7) is 3.76. The van der Waals surface area contributed by atoms with E-state index in [1.54, 1.807) is 0 Å². The van der Waals surface area contributed by atoms with Crippen LogP contribution in [0.3, 0.4) is 0 Å². The lowest BCUT2D eigenvalue weighted by Gasteiger charge is -2.35. The topological polar surface area (TPSA) is 57.6 Å². The van der Waals surface area contributed by atoms with Gasteiger partial charge in [-0.05, 0) is 43.9 Å². The molecule has 1 heterocycles. The number of aliphatic carboxylic acids is 1. The Balaban J connectivity index is 1.84. The van der Waals surface area contributed by atoms with E-state index >= 15 is 0 Å². The first-order valence-electron chi connectivity index (χ1n) is 9.10. The lowest BCUT2D eigenvalue weighted by Crippen LogP contribution is -2.43. The third-order valence-corrected chi connectivity index (χ3v) is 5.53. The third-order valence-electron chi connectivity index (χ3n) is 5.53. The molecule has 1 saturated carbocycles. The fourth-order valence-electron chi connectivity index (χ4n) is 4.18. The molecule has 1 amide bonds. The highest BCUT2D eigenvalue weighted by Gasteiger charge is 2.30. The van der Waals surface area contributed by atoms with Crippen LogP contribution in [0, 0.1) is 17.8 Å². The molecular formula is C18H31NO3. The van der Waals surface area contributed by atoms with E-state index < -0.39 is 5.97 Å². The fourth-order valence-corrected chi connectivity index (χ4v) is 4.18. The quantitative estimate of drug-likeness (QED) is 0.780. The molecule has 0 radical (unpaired) electrons. The molecule has 22 heavy (non-hydrogen) atoms. The van der Waals surface area contributed by atoms with Gasteiger partial charge in [-0.2, -0.15) is 0 Å². The maximum absolute atomic E-state index is 12.8. The smallest absolute Gasteiger partial charge is 0.303 e. The Kier molecular flexibility index (Phi) is 6.71. The van der Waals surface area contributed by atoms with Gasteiger partial charge in [0.25, 0.3) is 0 Å². The minimum absolute atomic E-state index is 0.182. The molecule has 2 aliphatic rings. The van der Waals surface area contributed by atoms with E-state index in [1.807, 2.05) is 4.90 Å². The van der Waals surface area contributed by atoms with Crippen molar-refractivity contribution in [2.75, 3.05) is 13.1 Å². The van der Waals surface area contributed by atoms with Crippen LogP contribution in [-0.4, -0.2) is 35.0 Å². The van der Waals surface area contributed by atoms with Crippen LogP contribution in [0.4, 0.5) is 0 Å². The number of hydrogen-bond acceptors (Lipinski definition) is 2. The largest absolute Gasteiger partial charge is 0.481 e. The fraction of sp³-hybridized carbons (Fsp3) is 0.889. The molecular weight excluding hydrogens is 278 g/mol. The molecule has 1 aliphatic heterocycles. The second kappa shape index (κ2) is 8.54. The minimum atomic E-state index is -0.726. The monoisotopic (exact) mass is 309 g/mol. The number of likely N-dealkylation sites (tertiary alicyclic amines) is 1. The Morgan fingerprint density at radius 2 is 1.82 bits per heavy atom. The maximum Gasteiger partial charge on any atom is 0.303 e. The van der Waals surface area contributed by atoms with Gasteiger partial charge in [-0.3, -0.25) is 9.59 Å². The van der Waals surface area contributed by atoms with Gasteiger partial charge < -0.3 is 10.0 Å². The molecule has 2 atom stereocenters.